The van der Waals surface area contributed by atoms with Gasteiger partial charge in [0.1, 0.15) is 5.75 Å². The number of hydrogen-bond acceptors (Lipinski definition) is 5. The Morgan fingerprint density at radius 3 is 2.47 bits per heavy atom. The van der Waals surface area contributed by atoms with E-state index in [9.17, 15) is 9.59 Å². The topological polar surface area (TPSA) is 75.3 Å². The van der Waals surface area contributed by atoms with Crippen molar-refractivity contribution in [3.05, 3.63) is 45.2 Å². The molecule has 0 radical (unpaired) electrons. The van der Waals surface area contributed by atoms with Crippen molar-refractivity contribution in [1.82, 2.24) is 14.1 Å². The van der Waals surface area contributed by atoms with Gasteiger partial charge in [-0.1, -0.05) is 0 Å². The molecule has 0 aliphatic heterocycles. The van der Waals surface area contributed by atoms with E-state index in [1.807, 2.05) is 0 Å². The quantitative estimate of drug-likeness (QED) is 0.795. The van der Waals surface area contributed by atoms with Crippen molar-refractivity contribution in [3.8, 4) is 17.5 Å². The maximum Gasteiger partial charge on any atom is 0.333 e. The summed E-state index contributed by atoms with van der Waals surface area (Å²) in [7, 11) is 4.44. The van der Waals surface area contributed by atoms with Crippen LogP contribution in [0, 0.1) is 0 Å². The van der Waals surface area contributed by atoms with Crippen LogP contribution in [0.3, 0.4) is 0 Å². The molecule has 0 fully saturated rings. The lowest BCUT2D eigenvalue weighted by Crippen LogP contribution is -2.36. The van der Waals surface area contributed by atoms with E-state index >= 15 is 0 Å². The number of nitrogens with zero attached hydrogens (tertiary/aromatic N) is 3. The summed E-state index contributed by atoms with van der Waals surface area (Å²) in [4.78, 5) is 27.2. The predicted molar refractivity (Wildman–Crippen MR) is 67.8 cm³/mol. The Kier molecular flexibility index (Phi) is 3.37. The predicted octanol–water partition coefficient (Wildman–Crippen LogP) is 0.280. The smallest absolute Gasteiger partial charge is 0.333 e. The van der Waals surface area contributed by atoms with Gasteiger partial charge in [0, 0.05) is 20.2 Å². The Labute approximate surface area is 108 Å². The minimum Gasteiger partial charge on any atom is -0.481 e. The summed E-state index contributed by atoms with van der Waals surface area (Å²) in [5.74, 6) is 1.01. The summed E-state index contributed by atoms with van der Waals surface area (Å²) < 4.78 is 12.6. The molecule has 2 rings (SSSR count). The first kappa shape index (κ1) is 12.9. The molecule has 2 aromatic rings. The van der Waals surface area contributed by atoms with Crippen LogP contribution in [-0.2, 0) is 14.1 Å². The maximum atomic E-state index is 11.7. The highest BCUT2D eigenvalue weighted by molar-refractivity contribution is 5.27. The molecule has 0 atom stereocenters. The molecule has 0 aliphatic rings. The highest BCUT2D eigenvalue weighted by Gasteiger charge is 2.08. The van der Waals surface area contributed by atoms with Crippen LogP contribution in [0.1, 0.15) is 0 Å². The molecule has 19 heavy (non-hydrogen) atoms. The molecule has 100 valence electrons. The normalized spacial score (nSPS) is 10.3. The molecule has 0 aliphatic carbocycles. The molecule has 0 saturated heterocycles. The summed E-state index contributed by atoms with van der Waals surface area (Å²) in [5, 5.41) is 0. The van der Waals surface area contributed by atoms with Crippen molar-refractivity contribution in [1.29, 1.82) is 0 Å². The standard InChI is InChI=1S/C12H13N3O4/c1-14-10(16)6-11(15(2)12(14)17)19-8-4-5-9(18-3)13-7-8/h4-7H,1-3H3. The third-order valence-corrected chi connectivity index (χ3v) is 2.62. The van der Waals surface area contributed by atoms with Gasteiger partial charge >= 0.3 is 5.69 Å². The van der Waals surface area contributed by atoms with Crippen LogP contribution in [0.2, 0.25) is 0 Å². The summed E-state index contributed by atoms with van der Waals surface area (Å²) >= 11 is 0. The van der Waals surface area contributed by atoms with E-state index in [0.29, 0.717) is 11.6 Å². The minimum atomic E-state index is -0.455. The first-order valence-corrected chi connectivity index (χ1v) is 5.48. The van der Waals surface area contributed by atoms with Gasteiger partial charge in [0.25, 0.3) is 5.56 Å². The second-order valence-corrected chi connectivity index (χ2v) is 3.86. The molecule has 0 N–H and O–H groups in total. The van der Waals surface area contributed by atoms with Gasteiger partial charge in [0.05, 0.1) is 19.4 Å². The second-order valence-electron chi connectivity index (χ2n) is 3.86. The summed E-state index contributed by atoms with van der Waals surface area (Å²) in [6.45, 7) is 0. The number of ether oxygens (including phenoxy) is 2. The summed E-state index contributed by atoms with van der Waals surface area (Å²) in [5.41, 5.74) is -0.886. The van der Waals surface area contributed by atoms with Gasteiger partial charge in [0.2, 0.25) is 11.8 Å². The molecule has 0 unspecified atom stereocenters. The van der Waals surface area contributed by atoms with E-state index in [2.05, 4.69) is 4.98 Å². The van der Waals surface area contributed by atoms with E-state index in [1.54, 1.807) is 12.1 Å². The fourth-order valence-corrected chi connectivity index (χ4v) is 1.48. The molecule has 0 spiro atoms. The Morgan fingerprint density at radius 1 is 1.16 bits per heavy atom. The minimum absolute atomic E-state index is 0.153. The largest absolute Gasteiger partial charge is 0.481 e. The molecule has 7 nitrogen and oxygen atoms in total. The van der Waals surface area contributed by atoms with Gasteiger partial charge in [-0.25, -0.2) is 9.78 Å². The summed E-state index contributed by atoms with van der Waals surface area (Å²) in [6, 6.07) is 4.49. The van der Waals surface area contributed by atoms with E-state index in [0.717, 1.165) is 4.57 Å². The van der Waals surface area contributed by atoms with Crippen molar-refractivity contribution in [2.45, 2.75) is 0 Å². The molecule has 7 heteroatoms. The van der Waals surface area contributed by atoms with Crippen LogP contribution in [0.4, 0.5) is 0 Å². The zero-order valence-electron chi connectivity index (χ0n) is 10.8. The van der Waals surface area contributed by atoms with Crippen molar-refractivity contribution >= 4 is 0 Å². The van der Waals surface area contributed by atoms with Crippen LogP contribution in [-0.4, -0.2) is 21.2 Å². The van der Waals surface area contributed by atoms with E-state index in [1.165, 1.54) is 38.0 Å². The SMILES string of the molecule is COc1ccc(Oc2cc(=O)n(C)c(=O)n2C)cn1. The van der Waals surface area contributed by atoms with Crippen molar-refractivity contribution in [3.63, 3.8) is 0 Å². The van der Waals surface area contributed by atoms with E-state index < -0.39 is 11.2 Å². The Bertz CT molecular complexity index is 700. The van der Waals surface area contributed by atoms with Gasteiger partial charge in [-0.15, -0.1) is 0 Å². The van der Waals surface area contributed by atoms with Crippen LogP contribution >= 0.6 is 0 Å². The van der Waals surface area contributed by atoms with Gasteiger partial charge in [-0.05, 0) is 6.07 Å². The summed E-state index contributed by atoms with van der Waals surface area (Å²) in [6.07, 6.45) is 1.45. The van der Waals surface area contributed by atoms with Crippen molar-refractivity contribution in [2.75, 3.05) is 7.11 Å². The molecular formula is C12H13N3O4. The van der Waals surface area contributed by atoms with Crippen LogP contribution < -0.4 is 20.7 Å². The molecule has 0 amide bonds. The first-order valence-electron chi connectivity index (χ1n) is 5.48. The first-order chi connectivity index (χ1) is 9.02. The Hall–Kier alpha value is -2.57. The molecule has 0 saturated carbocycles. The average Bonchev–Trinajstić information content (AvgIpc) is 2.43. The van der Waals surface area contributed by atoms with E-state index in [4.69, 9.17) is 9.47 Å². The molecular weight excluding hydrogens is 250 g/mol. The molecule has 2 aromatic heterocycles. The number of aromatic nitrogens is 3. The number of hydrogen-bond donors (Lipinski definition) is 0. The molecule has 0 bridgehead atoms. The lowest BCUT2D eigenvalue weighted by molar-refractivity contribution is 0.390. The van der Waals surface area contributed by atoms with Crippen molar-refractivity contribution in [2.24, 2.45) is 14.1 Å². The third-order valence-electron chi connectivity index (χ3n) is 2.62. The van der Waals surface area contributed by atoms with Crippen LogP contribution in [0.5, 0.6) is 17.5 Å². The van der Waals surface area contributed by atoms with Crippen molar-refractivity contribution < 1.29 is 9.47 Å². The molecule has 0 aromatic carbocycles. The van der Waals surface area contributed by atoms with Gasteiger partial charge in [-0.2, -0.15) is 0 Å². The Balaban J connectivity index is 2.38. The van der Waals surface area contributed by atoms with Gasteiger partial charge in [-0.3, -0.25) is 13.9 Å². The number of methoxy groups -OCH3 is 1. The number of pyridine rings is 1. The lowest BCUT2D eigenvalue weighted by Gasteiger charge is -2.10. The van der Waals surface area contributed by atoms with Crippen LogP contribution in [0.15, 0.2) is 34.0 Å². The molecule has 2 heterocycles. The van der Waals surface area contributed by atoms with Crippen LogP contribution in [0.25, 0.3) is 0 Å². The lowest BCUT2D eigenvalue weighted by atomic mass is 10.4. The zero-order valence-corrected chi connectivity index (χ0v) is 10.8. The second kappa shape index (κ2) is 4.97. The Morgan fingerprint density at radius 2 is 1.89 bits per heavy atom. The zero-order chi connectivity index (χ0) is 14.0. The van der Waals surface area contributed by atoms with E-state index in [-0.39, 0.29) is 5.88 Å². The highest BCUT2D eigenvalue weighted by Crippen LogP contribution is 2.19. The third kappa shape index (κ3) is 2.49. The maximum absolute atomic E-state index is 11.7. The monoisotopic (exact) mass is 263 g/mol. The number of rotatable bonds is 3. The average molecular weight is 263 g/mol. The van der Waals surface area contributed by atoms with Gasteiger partial charge in [0.15, 0.2) is 0 Å². The fraction of sp³-hybridized carbons (Fsp3) is 0.250. The van der Waals surface area contributed by atoms with Gasteiger partial charge < -0.3 is 9.47 Å². The highest BCUT2D eigenvalue weighted by atomic mass is 16.5. The fourth-order valence-electron chi connectivity index (χ4n) is 1.48.